The molecule has 21 heavy (non-hydrogen) atoms. The van der Waals surface area contributed by atoms with Gasteiger partial charge in [-0.15, -0.1) is 0 Å². The van der Waals surface area contributed by atoms with E-state index in [1.54, 1.807) is 0 Å². The summed E-state index contributed by atoms with van der Waals surface area (Å²) >= 11 is 0. The highest BCUT2D eigenvalue weighted by Crippen LogP contribution is 2.16. The summed E-state index contributed by atoms with van der Waals surface area (Å²) in [6.45, 7) is 5.86. The quantitative estimate of drug-likeness (QED) is 0.663. The van der Waals surface area contributed by atoms with Crippen molar-refractivity contribution in [2.45, 2.75) is 58.1 Å². The lowest BCUT2D eigenvalue weighted by atomic mass is 10.2. The molecule has 0 aliphatic carbocycles. The van der Waals surface area contributed by atoms with E-state index in [1.807, 2.05) is 0 Å². The lowest BCUT2D eigenvalue weighted by Gasteiger charge is -2.12. The Morgan fingerprint density at radius 3 is 2.76 bits per heavy atom. The molecule has 0 spiro atoms. The van der Waals surface area contributed by atoms with E-state index in [4.69, 9.17) is 9.47 Å². The minimum Gasteiger partial charge on any atom is -0.491 e. The Kier molecular flexibility index (Phi) is 7.61. The fourth-order valence-corrected chi connectivity index (χ4v) is 2.58. The van der Waals surface area contributed by atoms with Gasteiger partial charge in [-0.25, -0.2) is 0 Å². The predicted octanol–water partition coefficient (Wildman–Crippen LogP) is 3.91. The van der Waals surface area contributed by atoms with E-state index < -0.39 is 0 Å². The monoisotopic (exact) mass is 291 g/mol. The van der Waals surface area contributed by atoms with E-state index in [9.17, 15) is 0 Å². The molecule has 118 valence electrons. The van der Waals surface area contributed by atoms with Crippen LogP contribution in [-0.2, 0) is 11.3 Å². The number of hydrogen-bond acceptors (Lipinski definition) is 3. The van der Waals surface area contributed by atoms with Gasteiger partial charge in [0.1, 0.15) is 12.4 Å². The number of nitrogens with one attached hydrogen (secondary N) is 1. The molecule has 1 unspecified atom stereocenters. The van der Waals surface area contributed by atoms with Crippen molar-refractivity contribution < 1.29 is 9.47 Å². The highest BCUT2D eigenvalue weighted by molar-refractivity contribution is 5.27. The average molecular weight is 291 g/mol. The molecule has 1 aromatic carbocycles. The van der Waals surface area contributed by atoms with Gasteiger partial charge in [-0.05, 0) is 43.5 Å². The zero-order chi connectivity index (χ0) is 14.8. The number of ether oxygens (including phenoxy) is 2. The molecule has 1 saturated heterocycles. The minimum absolute atomic E-state index is 0.287. The van der Waals surface area contributed by atoms with Gasteiger partial charge in [0.05, 0.1) is 6.10 Å². The van der Waals surface area contributed by atoms with E-state index >= 15 is 0 Å². The third-order valence-corrected chi connectivity index (χ3v) is 3.92. The van der Waals surface area contributed by atoms with Crippen molar-refractivity contribution in [1.82, 2.24) is 5.32 Å². The fraction of sp³-hybridized carbons (Fsp3) is 0.667. The Balaban J connectivity index is 1.59. The average Bonchev–Trinajstić information content (AvgIpc) is 3.03. The van der Waals surface area contributed by atoms with Crippen molar-refractivity contribution in [1.29, 1.82) is 0 Å². The molecule has 3 nitrogen and oxygen atoms in total. The van der Waals surface area contributed by atoms with Gasteiger partial charge >= 0.3 is 0 Å². The van der Waals surface area contributed by atoms with Crippen LogP contribution >= 0.6 is 0 Å². The Morgan fingerprint density at radius 1 is 1.19 bits per heavy atom. The van der Waals surface area contributed by atoms with Crippen LogP contribution in [-0.4, -0.2) is 25.9 Å². The van der Waals surface area contributed by atoms with Crippen molar-refractivity contribution in [2.24, 2.45) is 0 Å². The van der Waals surface area contributed by atoms with Gasteiger partial charge in [0.15, 0.2) is 0 Å². The summed E-state index contributed by atoms with van der Waals surface area (Å²) < 4.78 is 11.3. The molecule has 1 aromatic rings. The Labute approximate surface area is 129 Å². The SMILES string of the molecule is CCCCCCNCc1ccc(OCC2CCCO2)cc1. The zero-order valence-corrected chi connectivity index (χ0v) is 13.3. The van der Waals surface area contributed by atoms with Gasteiger partial charge in [-0.3, -0.25) is 0 Å². The highest BCUT2D eigenvalue weighted by atomic mass is 16.5. The maximum atomic E-state index is 5.77. The number of unbranched alkanes of at least 4 members (excludes halogenated alkanes) is 3. The van der Waals surface area contributed by atoms with Gasteiger partial charge in [-0.2, -0.15) is 0 Å². The van der Waals surface area contributed by atoms with Crippen LogP contribution in [0.15, 0.2) is 24.3 Å². The molecule has 1 heterocycles. The molecule has 0 saturated carbocycles. The summed E-state index contributed by atoms with van der Waals surface area (Å²) in [6, 6.07) is 8.40. The molecule has 0 amide bonds. The Hall–Kier alpha value is -1.06. The van der Waals surface area contributed by atoms with Crippen LogP contribution in [0.25, 0.3) is 0 Å². The molecule has 2 rings (SSSR count). The highest BCUT2D eigenvalue weighted by Gasteiger charge is 2.15. The van der Waals surface area contributed by atoms with Crippen LogP contribution in [0.2, 0.25) is 0 Å². The normalized spacial score (nSPS) is 18.0. The fourth-order valence-electron chi connectivity index (χ4n) is 2.58. The van der Waals surface area contributed by atoms with Crippen molar-refractivity contribution in [2.75, 3.05) is 19.8 Å². The van der Waals surface area contributed by atoms with Crippen molar-refractivity contribution in [3.63, 3.8) is 0 Å². The third kappa shape index (κ3) is 6.49. The Morgan fingerprint density at radius 2 is 2.05 bits per heavy atom. The van der Waals surface area contributed by atoms with E-state index in [0.29, 0.717) is 6.61 Å². The molecule has 0 radical (unpaired) electrons. The molecule has 1 atom stereocenters. The minimum atomic E-state index is 0.287. The standard InChI is InChI=1S/C18H29NO2/c1-2-3-4-5-12-19-14-16-8-10-17(11-9-16)21-15-18-7-6-13-20-18/h8-11,18-19H,2-7,12-15H2,1H3. The Bertz CT molecular complexity index is 371. The van der Waals surface area contributed by atoms with Gasteiger partial charge in [0.2, 0.25) is 0 Å². The van der Waals surface area contributed by atoms with Crippen LogP contribution in [0.4, 0.5) is 0 Å². The van der Waals surface area contributed by atoms with Gasteiger partial charge in [0.25, 0.3) is 0 Å². The van der Waals surface area contributed by atoms with Crippen LogP contribution in [0, 0.1) is 0 Å². The summed E-state index contributed by atoms with van der Waals surface area (Å²) in [7, 11) is 0. The maximum Gasteiger partial charge on any atom is 0.119 e. The second kappa shape index (κ2) is 9.80. The van der Waals surface area contributed by atoms with Crippen molar-refractivity contribution >= 4 is 0 Å². The molecule has 3 heteroatoms. The number of benzene rings is 1. The lowest BCUT2D eigenvalue weighted by molar-refractivity contribution is 0.0679. The summed E-state index contributed by atoms with van der Waals surface area (Å²) in [4.78, 5) is 0. The van der Waals surface area contributed by atoms with E-state index in [1.165, 1.54) is 31.2 Å². The lowest BCUT2D eigenvalue weighted by Crippen LogP contribution is -2.16. The van der Waals surface area contributed by atoms with E-state index in [-0.39, 0.29) is 6.10 Å². The smallest absolute Gasteiger partial charge is 0.119 e. The number of hydrogen-bond donors (Lipinski definition) is 1. The third-order valence-electron chi connectivity index (χ3n) is 3.92. The van der Waals surface area contributed by atoms with Crippen molar-refractivity contribution in [3.05, 3.63) is 29.8 Å². The van der Waals surface area contributed by atoms with Crippen LogP contribution < -0.4 is 10.1 Å². The molecule has 1 N–H and O–H groups in total. The second-order valence-corrected chi connectivity index (χ2v) is 5.83. The van der Waals surface area contributed by atoms with Crippen molar-refractivity contribution in [3.8, 4) is 5.75 Å². The summed E-state index contributed by atoms with van der Waals surface area (Å²) in [5.74, 6) is 0.942. The zero-order valence-electron chi connectivity index (χ0n) is 13.3. The topological polar surface area (TPSA) is 30.5 Å². The number of rotatable bonds is 10. The first kappa shape index (κ1) is 16.3. The molecule has 1 fully saturated rings. The summed E-state index contributed by atoms with van der Waals surface area (Å²) in [6.07, 6.45) is 7.83. The first-order valence-electron chi connectivity index (χ1n) is 8.42. The largest absolute Gasteiger partial charge is 0.491 e. The summed E-state index contributed by atoms with van der Waals surface area (Å²) in [5.41, 5.74) is 1.31. The van der Waals surface area contributed by atoms with E-state index in [0.717, 1.165) is 38.3 Å². The molecule has 0 aromatic heterocycles. The molecule has 0 bridgehead atoms. The maximum absolute atomic E-state index is 5.77. The van der Waals surface area contributed by atoms with Crippen LogP contribution in [0.1, 0.15) is 51.0 Å². The van der Waals surface area contributed by atoms with Crippen LogP contribution in [0.3, 0.4) is 0 Å². The predicted molar refractivity (Wildman–Crippen MR) is 86.8 cm³/mol. The van der Waals surface area contributed by atoms with Gasteiger partial charge in [-0.1, -0.05) is 38.3 Å². The first-order valence-corrected chi connectivity index (χ1v) is 8.42. The van der Waals surface area contributed by atoms with E-state index in [2.05, 4.69) is 36.5 Å². The van der Waals surface area contributed by atoms with Crippen LogP contribution in [0.5, 0.6) is 5.75 Å². The van der Waals surface area contributed by atoms with Gasteiger partial charge in [0, 0.05) is 13.2 Å². The van der Waals surface area contributed by atoms with Gasteiger partial charge < -0.3 is 14.8 Å². The molecular formula is C18H29NO2. The molecule has 1 aliphatic heterocycles. The second-order valence-electron chi connectivity index (χ2n) is 5.83. The molecule has 1 aliphatic rings. The summed E-state index contributed by atoms with van der Waals surface area (Å²) in [5, 5.41) is 3.50. The molecular weight excluding hydrogens is 262 g/mol. The first-order chi connectivity index (χ1) is 10.4.